The Bertz CT molecular complexity index is 1120. The Morgan fingerprint density at radius 3 is 1.70 bits per heavy atom. The zero-order chi connectivity index (χ0) is 26.0. The van der Waals surface area contributed by atoms with Crippen LogP contribution < -0.4 is 0 Å². The topological polar surface area (TPSA) is 65.1 Å². The van der Waals surface area contributed by atoms with E-state index in [0.29, 0.717) is 32.7 Å². The summed E-state index contributed by atoms with van der Waals surface area (Å²) in [4.78, 5) is 26.8. The Balaban J connectivity index is 1.66. The van der Waals surface area contributed by atoms with Gasteiger partial charge in [-0.15, -0.1) is 0 Å². The van der Waals surface area contributed by atoms with E-state index in [0.717, 1.165) is 16.7 Å². The van der Waals surface area contributed by atoms with E-state index in [4.69, 9.17) is 14.2 Å². The minimum absolute atomic E-state index is 0.0733. The molecule has 0 bridgehead atoms. The van der Waals surface area contributed by atoms with E-state index in [2.05, 4.69) is 17.0 Å². The summed E-state index contributed by atoms with van der Waals surface area (Å²) in [5, 5.41) is 0. The SMILES string of the molecule is CC(=O)CC1[C@H](OCc2ccccc2)[C@H](OCc2ccccc2)[C@H](OC(C)=O)CN1Cc1ccccc1. The quantitative estimate of drug-likeness (QED) is 0.346. The second-order valence-corrected chi connectivity index (χ2v) is 9.56. The summed E-state index contributed by atoms with van der Waals surface area (Å²) < 4.78 is 18.8. The molecular formula is C31H35NO5. The number of rotatable bonds is 11. The van der Waals surface area contributed by atoms with Gasteiger partial charge in [0, 0.05) is 32.5 Å². The van der Waals surface area contributed by atoms with Gasteiger partial charge in [-0.2, -0.15) is 0 Å². The molecule has 6 heteroatoms. The summed E-state index contributed by atoms with van der Waals surface area (Å²) in [5.41, 5.74) is 3.15. The van der Waals surface area contributed by atoms with Gasteiger partial charge in [-0.05, 0) is 23.6 Å². The summed E-state index contributed by atoms with van der Waals surface area (Å²) in [6.07, 6.45) is -1.27. The molecule has 0 amide bonds. The van der Waals surface area contributed by atoms with E-state index < -0.39 is 18.3 Å². The highest BCUT2D eigenvalue weighted by atomic mass is 16.6. The molecule has 37 heavy (non-hydrogen) atoms. The van der Waals surface area contributed by atoms with Crippen LogP contribution in [0.5, 0.6) is 0 Å². The van der Waals surface area contributed by atoms with Crippen molar-refractivity contribution in [1.29, 1.82) is 0 Å². The Labute approximate surface area is 219 Å². The van der Waals surface area contributed by atoms with Gasteiger partial charge >= 0.3 is 5.97 Å². The van der Waals surface area contributed by atoms with Crippen molar-refractivity contribution in [3.05, 3.63) is 108 Å². The van der Waals surface area contributed by atoms with E-state index in [1.165, 1.54) is 6.92 Å². The molecule has 3 aromatic rings. The maximum absolute atomic E-state index is 12.5. The molecule has 4 rings (SSSR count). The monoisotopic (exact) mass is 501 g/mol. The predicted octanol–water partition coefficient (Wildman–Crippen LogP) is 4.95. The van der Waals surface area contributed by atoms with Crippen molar-refractivity contribution in [2.45, 2.75) is 64.4 Å². The molecule has 1 heterocycles. The van der Waals surface area contributed by atoms with Crippen LogP contribution in [-0.2, 0) is 43.6 Å². The van der Waals surface area contributed by atoms with Gasteiger partial charge < -0.3 is 14.2 Å². The van der Waals surface area contributed by atoms with Crippen LogP contribution in [0.25, 0.3) is 0 Å². The highest BCUT2D eigenvalue weighted by Crippen LogP contribution is 2.31. The van der Waals surface area contributed by atoms with Gasteiger partial charge in [-0.1, -0.05) is 91.0 Å². The van der Waals surface area contributed by atoms with Crippen LogP contribution in [0, 0.1) is 0 Å². The molecule has 0 spiro atoms. The first kappa shape index (κ1) is 26.7. The fourth-order valence-corrected chi connectivity index (χ4v) is 4.91. The van der Waals surface area contributed by atoms with Crippen molar-refractivity contribution in [2.75, 3.05) is 6.54 Å². The number of Topliss-reactive ketones (excluding diaryl/α,β-unsaturated/α-hetero) is 1. The third-order valence-electron chi connectivity index (χ3n) is 6.57. The number of hydrogen-bond donors (Lipinski definition) is 0. The van der Waals surface area contributed by atoms with E-state index in [9.17, 15) is 9.59 Å². The third-order valence-corrected chi connectivity index (χ3v) is 6.57. The van der Waals surface area contributed by atoms with Crippen molar-refractivity contribution in [1.82, 2.24) is 4.90 Å². The maximum Gasteiger partial charge on any atom is 0.303 e. The number of nitrogens with zero attached hydrogens (tertiary/aromatic N) is 1. The first-order chi connectivity index (χ1) is 18.0. The molecule has 194 valence electrons. The third kappa shape index (κ3) is 7.83. The molecule has 3 aromatic carbocycles. The Hall–Kier alpha value is -3.32. The van der Waals surface area contributed by atoms with Gasteiger partial charge in [0.25, 0.3) is 0 Å². The van der Waals surface area contributed by atoms with Crippen LogP contribution >= 0.6 is 0 Å². The first-order valence-corrected chi connectivity index (χ1v) is 12.8. The molecule has 1 aliphatic heterocycles. The molecule has 1 aliphatic rings. The summed E-state index contributed by atoms with van der Waals surface area (Å²) >= 11 is 0. The summed E-state index contributed by atoms with van der Waals surface area (Å²) in [7, 11) is 0. The second kappa shape index (κ2) is 13.3. The molecule has 0 aromatic heterocycles. The molecule has 1 saturated heterocycles. The van der Waals surface area contributed by atoms with E-state index >= 15 is 0 Å². The van der Waals surface area contributed by atoms with Crippen LogP contribution in [0.4, 0.5) is 0 Å². The minimum Gasteiger partial charge on any atom is -0.458 e. The number of ketones is 1. The standard InChI is InChI=1S/C31H35NO5/c1-23(33)18-28-30(35-21-26-14-8-4-9-15-26)31(36-22-27-16-10-5-11-17-27)29(37-24(2)34)20-32(28)19-25-12-6-3-7-13-25/h3-17,28-31H,18-22H2,1-2H3/t28?,29-,30+,31-/m1/s1. The maximum atomic E-state index is 12.5. The number of hydrogen-bond acceptors (Lipinski definition) is 6. The van der Waals surface area contributed by atoms with Gasteiger partial charge in [0.05, 0.1) is 13.2 Å². The minimum atomic E-state index is -0.547. The number of piperidine rings is 1. The van der Waals surface area contributed by atoms with Gasteiger partial charge in [0.2, 0.25) is 0 Å². The van der Waals surface area contributed by atoms with Crippen LogP contribution in [0.3, 0.4) is 0 Å². The van der Waals surface area contributed by atoms with Crippen molar-refractivity contribution in [3.63, 3.8) is 0 Å². The van der Waals surface area contributed by atoms with Crippen LogP contribution in [-0.4, -0.2) is 47.6 Å². The highest BCUT2D eigenvalue weighted by molar-refractivity contribution is 5.76. The molecule has 0 N–H and O–H groups in total. The van der Waals surface area contributed by atoms with Gasteiger partial charge in [-0.25, -0.2) is 0 Å². The number of carbonyl (C=O) groups excluding carboxylic acids is 2. The van der Waals surface area contributed by atoms with Crippen molar-refractivity contribution in [2.24, 2.45) is 0 Å². The van der Waals surface area contributed by atoms with Crippen molar-refractivity contribution < 1.29 is 23.8 Å². The molecule has 1 unspecified atom stereocenters. The zero-order valence-electron chi connectivity index (χ0n) is 21.5. The van der Waals surface area contributed by atoms with Gasteiger partial charge in [-0.3, -0.25) is 14.5 Å². The zero-order valence-corrected chi connectivity index (χ0v) is 21.5. The Morgan fingerprint density at radius 1 is 0.730 bits per heavy atom. The van der Waals surface area contributed by atoms with E-state index in [-0.39, 0.29) is 17.8 Å². The lowest BCUT2D eigenvalue weighted by atomic mass is 9.89. The first-order valence-electron chi connectivity index (χ1n) is 12.8. The van der Waals surface area contributed by atoms with Crippen LogP contribution in [0.2, 0.25) is 0 Å². The lowest BCUT2D eigenvalue weighted by Crippen LogP contribution is -2.63. The summed E-state index contributed by atoms with van der Waals surface area (Å²) in [5.74, 6) is -0.297. The second-order valence-electron chi connectivity index (χ2n) is 9.56. The molecular weight excluding hydrogens is 466 g/mol. The predicted molar refractivity (Wildman–Crippen MR) is 142 cm³/mol. The fraction of sp³-hybridized carbons (Fsp3) is 0.355. The average molecular weight is 502 g/mol. The van der Waals surface area contributed by atoms with Crippen LogP contribution in [0.1, 0.15) is 37.0 Å². The summed E-state index contributed by atoms with van der Waals surface area (Å²) in [6.45, 7) is 4.77. The lowest BCUT2D eigenvalue weighted by molar-refractivity contribution is -0.205. The number of likely N-dealkylation sites (tertiary alicyclic amines) is 1. The Morgan fingerprint density at radius 2 is 1.22 bits per heavy atom. The van der Waals surface area contributed by atoms with Crippen molar-refractivity contribution >= 4 is 11.8 Å². The fourth-order valence-electron chi connectivity index (χ4n) is 4.91. The van der Waals surface area contributed by atoms with Gasteiger partial charge in [0.15, 0.2) is 0 Å². The molecule has 4 atom stereocenters. The number of carbonyl (C=O) groups is 2. The smallest absolute Gasteiger partial charge is 0.303 e. The average Bonchev–Trinajstić information content (AvgIpc) is 2.89. The van der Waals surface area contributed by atoms with Gasteiger partial charge in [0.1, 0.15) is 24.1 Å². The molecule has 6 nitrogen and oxygen atoms in total. The van der Waals surface area contributed by atoms with E-state index in [1.54, 1.807) is 6.92 Å². The van der Waals surface area contributed by atoms with Crippen molar-refractivity contribution in [3.8, 4) is 0 Å². The van der Waals surface area contributed by atoms with E-state index in [1.807, 2.05) is 78.9 Å². The highest BCUT2D eigenvalue weighted by Gasteiger charge is 2.47. The molecule has 0 aliphatic carbocycles. The number of ether oxygens (including phenoxy) is 3. The summed E-state index contributed by atoms with van der Waals surface area (Å²) in [6, 6.07) is 29.7. The lowest BCUT2D eigenvalue weighted by Gasteiger charge is -2.48. The Kier molecular flexibility index (Phi) is 9.60. The molecule has 0 saturated carbocycles. The number of esters is 1. The number of benzene rings is 3. The van der Waals surface area contributed by atoms with Crippen LogP contribution in [0.15, 0.2) is 91.0 Å². The largest absolute Gasteiger partial charge is 0.458 e. The normalized spacial score (nSPS) is 21.9. The molecule has 1 fully saturated rings. The molecule has 0 radical (unpaired) electrons.